The van der Waals surface area contributed by atoms with Gasteiger partial charge in [-0.15, -0.1) is 0 Å². The van der Waals surface area contributed by atoms with Gasteiger partial charge in [-0.2, -0.15) is 0 Å². The van der Waals surface area contributed by atoms with E-state index in [0.717, 1.165) is 23.1 Å². The van der Waals surface area contributed by atoms with Gasteiger partial charge < -0.3 is 20.1 Å². The molecule has 0 saturated heterocycles. The summed E-state index contributed by atoms with van der Waals surface area (Å²) >= 11 is 3.44. The minimum atomic E-state index is -0.189. The van der Waals surface area contributed by atoms with Crippen LogP contribution in [0.2, 0.25) is 0 Å². The molecule has 0 aliphatic carbocycles. The molecule has 106 valence electrons. The van der Waals surface area contributed by atoms with Crippen molar-refractivity contribution in [3.63, 3.8) is 0 Å². The van der Waals surface area contributed by atoms with Crippen molar-refractivity contribution in [2.75, 3.05) is 27.3 Å². The first kappa shape index (κ1) is 15.8. The minimum Gasteiger partial charge on any atom is -0.493 e. The zero-order chi connectivity index (χ0) is 14.3. The van der Waals surface area contributed by atoms with Crippen LogP contribution in [0, 0.1) is 0 Å². The van der Waals surface area contributed by atoms with Gasteiger partial charge in [0.15, 0.2) is 18.1 Å². The predicted octanol–water partition coefficient (Wildman–Crippen LogP) is 1.69. The molecule has 0 unspecified atom stereocenters. The van der Waals surface area contributed by atoms with E-state index in [1.165, 1.54) is 0 Å². The van der Waals surface area contributed by atoms with E-state index in [1.807, 2.05) is 19.1 Å². The Labute approximate surface area is 121 Å². The molecule has 0 fully saturated rings. The normalized spacial score (nSPS) is 10.1. The summed E-state index contributed by atoms with van der Waals surface area (Å²) in [6.45, 7) is 3.65. The molecular formula is C13H19BrN2O3. The number of halogens is 1. The first-order valence-corrected chi connectivity index (χ1v) is 6.82. The number of carbonyl (C=O) groups excluding carboxylic acids is 1. The quantitative estimate of drug-likeness (QED) is 0.798. The van der Waals surface area contributed by atoms with Gasteiger partial charge in [0.2, 0.25) is 0 Å². The van der Waals surface area contributed by atoms with Crippen LogP contribution in [-0.2, 0) is 11.3 Å². The van der Waals surface area contributed by atoms with E-state index in [2.05, 4.69) is 26.6 Å². The first-order valence-electron chi connectivity index (χ1n) is 6.02. The van der Waals surface area contributed by atoms with Crippen molar-refractivity contribution in [1.29, 1.82) is 0 Å². The third kappa shape index (κ3) is 4.72. The average molecular weight is 331 g/mol. The van der Waals surface area contributed by atoms with Crippen LogP contribution in [-0.4, -0.2) is 33.2 Å². The predicted molar refractivity (Wildman–Crippen MR) is 77.6 cm³/mol. The van der Waals surface area contributed by atoms with E-state index in [9.17, 15) is 4.79 Å². The molecule has 0 aliphatic heterocycles. The molecule has 0 aromatic heterocycles. The fourth-order valence-electron chi connectivity index (χ4n) is 1.49. The summed E-state index contributed by atoms with van der Waals surface area (Å²) in [5.41, 5.74) is 1.08. The standard InChI is InChI=1S/C13H19BrN2O3/c1-4-16-7-9-5-10(14)13(11(6-9)18-3)19-8-12(17)15-2/h5-6,16H,4,7-8H2,1-3H3,(H,15,17). The van der Waals surface area contributed by atoms with Gasteiger partial charge in [0.25, 0.3) is 5.91 Å². The van der Waals surface area contributed by atoms with Gasteiger partial charge in [-0.25, -0.2) is 0 Å². The lowest BCUT2D eigenvalue weighted by Crippen LogP contribution is -2.25. The van der Waals surface area contributed by atoms with Gasteiger partial charge in [-0.1, -0.05) is 6.92 Å². The molecule has 1 aromatic rings. The Hall–Kier alpha value is -1.27. The molecule has 2 N–H and O–H groups in total. The summed E-state index contributed by atoms with van der Waals surface area (Å²) in [6, 6.07) is 3.84. The smallest absolute Gasteiger partial charge is 0.257 e. The van der Waals surface area contributed by atoms with E-state index < -0.39 is 0 Å². The largest absolute Gasteiger partial charge is 0.493 e. The molecule has 6 heteroatoms. The van der Waals surface area contributed by atoms with Crippen LogP contribution in [0.25, 0.3) is 0 Å². The van der Waals surface area contributed by atoms with Gasteiger partial charge in [0, 0.05) is 13.6 Å². The summed E-state index contributed by atoms with van der Waals surface area (Å²) in [5.74, 6) is 0.947. The maximum atomic E-state index is 11.2. The molecule has 19 heavy (non-hydrogen) atoms. The monoisotopic (exact) mass is 330 g/mol. The van der Waals surface area contributed by atoms with Gasteiger partial charge >= 0.3 is 0 Å². The Balaban J connectivity index is 2.88. The molecule has 0 bridgehead atoms. The number of amides is 1. The second kappa shape index (κ2) is 8.01. The number of hydrogen-bond acceptors (Lipinski definition) is 4. The lowest BCUT2D eigenvalue weighted by Gasteiger charge is -2.14. The summed E-state index contributed by atoms with van der Waals surface area (Å²) < 4.78 is 11.5. The van der Waals surface area contributed by atoms with Crippen LogP contribution in [0.4, 0.5) is 0 Å². The minimum absolute atomic E-state index is 0.0436. The Morgan fingerprint density at radius 2 is 2.16 bits per heavy atom. The zero-order valence-electron chi connectivity index (χ0n) is 11.4. The summed E-state index contributed by atoms with van der Waals surface area (Å²) in [7, 11) is 3.14. The number of benzene rings is 1. The Morgan fingerprint density at radius 1 is 1.42 bits per heavy atom. The SMILES string of the molecule is CCNCc1cc(Br)c(OCC(=O)NC)c(OC)c1. The highest BCUT2D eigenvalue weighted by Gasteiger charge is 2.12. The molecule has 1 amide bonds. The molecule has 1 aromatic carbocycles. The van der Waals surface area contributed by atoms with Gasteiger partial charge in [-0.05, 0) is 40.2 Å². The number of nitrogens with one attached hydrogen (secondary N) is 2. The van der Waals surface area contributed by atoms with Gasteiger partial charge in [0.05, 0.1) is 11.6 Å². The third-order valence-corrected chi connectivity index (χ3v) is 3.08. The number of likely N-dealkylation sites (N-methyl/N-ethyl adjacent to an activating group) is 1. The van der Waals surface area contributed by atoms with Gasteiger partial charge in [-0.3, -0.25) is 4.79 Å². The summed E-state index contributed by atoms with van der Waals surface area (Å²) in [6.07, 6.45) is 0. The van der Waals surface area contributed by atoms with E-state index in [4.69, 9.17) is 9.47 Å². The van der Waals surface area contributed by atoms with Crippen molar-refractivity contribution in [2.45, 2.75) is 13.5 Å². The lowest BCUT2D eigenvalue weighted by molar-refractivity contribution is -0.122. The fourth-order valence-corrected chi connectivity index (χ4v) is 2.10. The average Bonchev–Trinajstić information content (AvgIpc) is 2.42. The second-order valence-corrected chi connectivity index (χ2v) is 4.71. The van der Waals surface area contributed by atoms with Crippen LogP contribution in [0.1, 0.15) is 12.5 Å². The summed E-state index contributed by atoms with van der Waals surface area (Å²) in [4.78, 5) is 11.2. The van der Waals surface area contributed by atoms with Crippen LogP contribution in [0.5, 0.6) is 11.5 Å². The zero-order valence-corrected chi connectivity index (χ0v) is 13.0. The van der Waals surface area contributed by atoms with E-state index in [0.29, 0.717) is 11.5 Å². The highest BCUT2D eigenvalue weighted by atomic mass is 79.9. The van der Waals surface area contributed by atoms with Crippen molar-refractivity contribution in [3.05, 3.63) is 22.2 Å². The third-order valence-electron chi connectivity index (χ3n) is 2.49. The molecule has 0 spiro atoms. The molecule has 5 nitrogen and oxygen atoms in total. The van der Waals surface area contributed by atoms with Crippen molar-refractivity contribution >= 4 is 21.8 Å². The maximum absolute atomic E-state index is 11.2. The number of carbonyl (C=O) groups is 1. The van der Waals surface area contributed by atoms with Crippen molar-refractivity contribution in [1.82, 2.24) is 10.6 Å². The Bertz CT molecular complexity index is 438. The molecule has 0 aliphatic rings. The van der Waals surface area contributed by atoms with Gasteiger partial charge in [0.1, 0.15) is 0 Å². The summed E-state index contributed by atoms with van der Waals surface area (Å²) in [5, 5.41) is 5.74. The van der Waals surface area contributed by atoms with Crippen LogP contribution in [0.3, 0.4) is 0 Å². The second-order valence-electron chi connectivity index (χ2n) is 3.85. The molecule has 0 saturated carbocycles. The molecular weight excluding hydrogens is 312 g/mol. The lowest BCUT2D eigenvalue weighted by atomic mass is 10.2. The molecule has 0 heterocycles. The molecule has 1 rings (SSSR count). The first-order chi connectivity index (χ1) is 9.12. The van der Waals surface area contributed by atoms with E-state index in [-0.39, 0.29) is 12.5 Å². The van der Waals surface area contributed by atoms with Crippen LogP contribution >= 0.6 is 15.9 Å². The number of rotatable bonds is 7. The number of ether oxygens (including phenoxy) is 2. The maximum Gasteiger partial charge on any atom is 0.257 e. The topological polar surface area (TPSA) is 59.6 Å². The Kier molecular flexibility index (Phi) is 6.66. The fraction of sp³-hybridized carbons (Fsp3) is 0.462. The van der Waals surface area contributed by atoms with E-state index >= 15 is 0 Å². The van der Waals surface area contributed by atoms with Crippen LogP contribution < -0.4 is 20.1 Å². The number of hydrogen-bond donors (Lipinski definition) is 2. The molecule has 0 radical (unpaired) electrons. The van der Waals surface area contributed by atoms with E-state index in [1.54, 1.807) is 14.2 Å². The van der Waals surface area contributed by atoms with Crippen molar-refractivity contribution in [3.8, 4) is 11.5 Å². The Morgan fingerprint density at radius 3 is 2.74 bits per heavy atom. The number of methoxy groups -OCH3 is 1. The van der Waals surface area contributed by atoms with Crippen molar-refractivity contribution in [2.24, 2.45) is 0 Å². The molecule has 0 atom stereocenters. The highest BCUT2D eigenvalue weighted by Crippen LogP contribution is 2.36. The van der Waals surface area contributed by atoms with Crippen LogP contribution in [0.15, 0.2) is 16.6 Å². The van der Waals surface area contributed by atoms with Crippen molar-refractivity contribution < 1.29 is 14.3 Å². The highest BCUT2D eigenvalue weighted by molar-refractivity contribution is 9.10.